The lowest BCUT2D eigenvalue weighted by molar-refractivity contribution is 0.0991. The molecule has 174 valence electrons. The third-order valence-corrected chi connectivity index (χ3v) is 6.39. The van der Waals surface area contributed by atoms with Gasteiger partial charge in [-0.2, -0.15) is 15.3 Å². The maximum atomic E-state index is 13.1. The molecule has 1 aliphatic heterocycles. The monoisotopic (exact) mass is 457 g/mol. The molecule has 1 aliphatic rings. The molecule has 1 aromatic carbocycles. The molecule has 0 bridgehead atoms. The third-order valence-electron chi connectivity index (χ3n) is 6.39. The Morgan fingerprint density at radius 2 is 1.85 bits per heavy atom. The van der Waals surface area contributed by atoms with Crippen molar-refractivity contribution in [3.63, 3.8) is 0 Å². The van der Waals surface area contributed by atoms with Crippen molar-refractivity contribution in [2.75, 3.05) is 38.1 Å². The Balaban J connectivity index is 1.37. The van der Waals surface area contributed by atoms with Gasteiger partial charge in [0.15, 0.2) is 5.78 Å². The van der Waals surface area contributed by atoms with E-state index in [1.165, 1.54) is 0 Å². The van der Waals surface area contributed by atoms with Crippen molar-refractivity contribution < 1.29 is 9.90 Å². The van der Waals surface area contributed by atoms with Gasteiger partial charge in [0.05, 0.1) is 36.1 Å². The summed E-state index contributed by atoms with van der Waals surface area (Å²) in [6, 6.07) is 11.4. The number of aliphatic hydroxyl groups is 1. The van der Waals surface area contributed by atoms with Gasteiger partial charge in [-0.05, 0) is 42.9 Å². The highest BCUT2D eigenvalue weighted by molar-refractivity contribution is 5.98. The number of likely N-dealkylation sites (N-methyl/N-ethyl adjacent to an activating group) is 1. The number of carbonyl (C=O) groups is 1. The fourth-order valence-corrected chi connectivity index (χ4v) is 4.30. The summed E-state index contributed by atoms with van der Waals surface area (Å²) in [5.41, 5.74) is 4.53. The van der Waals surface area contributed by atoms with Crippen LogP contribution in [0.5, 0.6) is 0 Å². The smallest absolute Gasteiger partial charge is 0.169 e. The van der Waals surface area contributed by atoms with E-state index < -0.39 is 0 Å². The van der Waals surface area contributed by atoms with E-state index >= 15 is 0 Å². The van der Waals surface area contributed by atoms with Crippen LogP contribution >= 0.6 is 0 Å². The summed E-state index contributed by atoms with van der Waals surface area (Å²) in [4.78, 5) is 22.0. The van der Waals surface area contributed by atoms with Crippen LogP contribution in [0.3, 0.4) is 0 Å². The van der Waals surface area contributed by atoms with Crippen LogP contribution < -0.4 is 4.90 Å². The highest BCUT2D eigenvalue weighted by atomic mass is 16.3. The van der Waals surface area contributed by atoms with Gasteiger partial charge < -0.3 is 14.9 Å². The van der Waals surface area contributed by atoms with Crippen molar-refractivity contribution in [2.24, 2.45) is 7.05 Å². The largest absolute Gasteiger partial charge is 0.390 e. The molecule has 4 aromatic rings. The summed E-state index contributed by atoms with van der Waals surface area (Å²) in [6.45, 7) is 3.66. The molecule has 0 aliphatic carbocycles. The summed E-state index contributed by atoms with van der Waals surface area (Å²) in [7, 11) is 3.92. The normalized spacial score (nSPS) is 14.6. The summed E-state index contributed by atoms with van der Waals surface area (Å²) < 4.78 is 1.67. The van der Waals surface area contributed by atoms with E-state index in [9.17, 15) is 9.90 Å². The molecule has 5 rings (SSSR count). The second-order valence-electron chi connectivity index (χ2n) is 8.69. The average Bonchev–Trinajstić information content (AvgIpc) is 3.24. The summed E-state index contributed by atoms with van der Waals surface area (Å²) in [6.07, 6.45) is 3.60. The van der Waals surface area contributed by atoms with Crippen molar-refractivity contribution in [1.29, 1.82) is 0 Å². The van der Waals surface area contributed by atoms with Crippen LogP contribution in [0.2, 0.25) is 0 Å². The number of benzene rings is 1. The van der Waals surface area contributed by atoms with Crippen LogP contribution in [0, 0.1) is 0 Å². The number of hydrogen-bond acceptors (Lipinski definition) is 8. The van der Waals surface area contributed by atoms with Crippen molar-refractivity contribution >= 4 is 22.5 Å². The number of piperazine rings is 1. The lowest BCUT2D eigenvalue weighted by Crippen LogP contribution is -2.44. The number of aryl methyl sites for hydroxylation is 1. The number of carbonyl (C=O) groups excluding carboxylic acids is 1. The topological polar surface area (TPSA) is 100 Å². The van der Waals surface area contributed by atoms with E-state index in [1.807, 2.05) is 30.3 Å². The fraction of sp³-hybridized carbons (Fsp3) is 0.320. The van der Waals surface area contributed by atoms with Gasteiger partial charge in [0.25, 0.3) is 0 Å². The molecular weight excluding hydrogens is 430 g/mol. The van der Waals surface area contributed by atoms with Gasteiger partial charge in [-0.15, -0.1) is 0 Å². The second-order valence-corrected chi connectivity index (χ2v) is 8.69. The van der Waals surface area contributed by atoms with Gasteiger partial charge >= 0.3 is 0 Å². The maximum Gasteiger partial charge on any atom is 0.169 e. The first-order chi connectivity index (χ1) is 16.5. The molecule has 1 fully saturated rings. The Labute approximate surface area is 197 Å². The number of pyridine rings is 1. The number of hydrogen-bond donors (Lipinski definition) is 1. The molecule has 3 aromatic heterocycles. The molecule has 9 heteroatoms. The van der Waals surface area contributed by atoms with Gasteiger partial charge in [-0.3, -0.25) is 9.48 Å². The molecule has 0 saturated carbocycles. The number of ketones is 1. The average molecular weight is 458 g/mol. The molecule has 0 amide bonds. The highest BCUT2D eigenvalue weighted by Crippen LogP contribution is 2.27. The Bertz CT molecular complexity index is 1340. The number of Topliss-reactive ketones (excluding diaryl/α,β-unsaturated/α-hetero) is 1. The lowest BCUT2D eigenvalue weighted by atomic mass is 10.0. The van der Waals surface area contributed by atoms with E-state index in [1.54, 1.807) is 30.2 Å². The Kier molecular flexibility index (Phi) is 6.04. The molecule has 34 heavy (non-hydrogen) atoms. The predicted molar refractivity (Wildman–Crippen MR) is 130 cm³/mol. The van der Waals surface area contributed by atoms with Gasteiger partial charge in [-0.1, -0.05) is 6.07 Å². The Hall–Kier alpha value is -3.69. The Morgan fingerprint density at radius 1 is 1.03 bits per heavy atom. The van der Waals surface area contributed by atoms with Gasteiger partial charge in [-0.25, -0.2) is 4.98 Å². The molecule has 0 unspecified atom stereocenters. The third kappa shape index (κ3) is 4.40. The first-order valence-electron chi connectivity index (χ1n) is 11.3. The van der Waals surface area contributed by atoms with Crippen molar-refractivity contribution in [2.45, 2.75) is 13.0 Å². The number of fused-ring (bicyclic) bond motifs is 1. The first-order valence-corrected chi connectivity index (χ1v) is 11.3. The number of rotatable bonds is 6. The predicted octanol–water partition coefficient (Wildman–Crippen LogP) is 2.09. The minimum Gasteiger partial charge on any atom is -0.390 e. The van der Waals surface area contributed by atoms with Crippen LogP contribution in [0.4, 0.5) is 5.82 Å². The minimum absolute atomic E-state index is 0.0163. The minimum atomic E-state index is -0.0970. The van der Waals surface area contributed by atoms with Crippen LogP contribution in [0.25, 0.3) is 22.0 Å². The molecule has 4 heterocycles. The summed E-state index contributed by atoms with van der Waals surface area (Å²) in [5, 5.41) is 23.4. The molecule has 0 radical (unpaired) electrons. The van der Waals surface area contributed by atoms with E-state index in [0.717, 1.165) is 59.7 Å². The van der Waals surface area contributed by atoms with Crippen LogP contribution in [-0.4, -0.2) is 74.0 Å². The highest BCUT2D eigenvalue weighted by Gasteiger charge is 2.17. The van der Waals surface area contributed by atoms with Gasteiger partial charge in [0.1, 0.15) is 5.82 Å². The zero-order chi connectivity index (χ0) is 23.7. The number of aromatic nitrogens is 5. The second kappa shape index (κ2) is 9.28. The Morgan fingerprint density at radius 3 is 2.65 bits per heavy atom. The van der Waals surface area contributed by atoms with Gasteiger partial charge in [0.2, 0.25) is 0 Å². The quantitative estimate of drug-likeness (QED) is 0.440. The number of nitrogens with zero attached hydrogens (tertiary/aromatic N) is 7. The van der Waals surface area contributed by atoms with Crippen LogP contribution in [-0.2, 0) is 20.1 Å². The molecule has 1 saturated heterocycles. The van der Waals surface area contributed by atoms with E-state index in [-0.39, 0.29) is 18.8 Å². The zero-order valence-electron chi connectivity index (χ0n) is 19.3. The van der Waals surface area contributed by atoms with E-state index in [2.05, 4.69) is 37.1 Å². The van der Waals surface area contributed by atoms with Crippen molar-refractivity contribution in [3.05, 3.63) is 65.7 Å². The lowest BCUT2D eigenvalue weighted by Gasteiger charge is -2.33. The number of anilines is 1. The van der Waals surface area contributed by atoms with Crippen molar-refractivity contribution in [3.8, 4) is 11.1 Å². The number of aliphatic hydroxyl groups excluding tert-OH is 1. The fourth-order valence-electron chi connectivity index (χ4n) is 4.30. The van der Waals surface area contributed by atoms with Crippen molar-refractivity contribution in [1.82, 2.24) is 29.9 Å². The molecule has 0 spiro atoms. The zero-order valence-corrected chi connectivity index (χ0v) is 19.3. The van der Waals surface area contributed by atoms with Crippen LogP contribution in [0.15, 0.2) is 48.8 Å². The SMILES string of the molecule is CN1CCN(c2cc(C(=O)Cc3cc4cc(-c5cnn(C)c5CO)ccc4nn3)ccn2)CC1. The standard InChI is InChI=1S/C25H27N7O2/c1-30-7-9-32(10-8-30)25-13-18(5-6-26-25)24(34)14-20-12-19-11-17(3-4-22(19)29-28-20)21-15-27-31(2)23(21)16-33/h3-6,11-13,15,33H,7-10,14,16H2,1-2H3. The first kappa shape index (κ1) is 22.1. The van der Waals surface area contributed by atoms with E-state index in [0.29, 0.717) is 11.3 Å². The van der Waals surface area contributed by atoms with E-state index in [4.69, 9.17) is 0 Å². The maximum absolute atomic E-state index is 13.1. The van der Waals surface area contributed by atoms with Crippen LogP contribution in [0.1, 0.15) is 21.7 Å². The molecular formula is C25H27N7O2. The summed E-state index contributed by atoms with van der Waals surface area (Å²) >= 11 is 0. The molecule has 0 atom stereocenters. The molecule has 1 N–H and O–H groups in total. The van der Waals surface area contributed by atoms with Gasteiger partial charge in [0, 0.05) is 55.9 Å². The summed E-state index contributed by atoms with van der Waals surface area (Å²) in [5.74, 6) is 0.821. The molecule has 9 nitrogen and oxygen atoms in total.